The third kappa shape index (κ3) is 2.96. The molecule has 0 aliphatic carbocycles. The lowest BCUT2D eigenvalue weighted by molar-refractivity contribution is -0.113. The first-order chi connectivity index (χ1) is 14.1. The Balaban J connectivity index is 1.56. The van der Waals surface area contributed by atoms with Gasteiger partial charge in [-0.25, -0.2) is 9.07 Å². The summed E-state index contributed by atoms with van der Waals surface area (Å²) in [4.78, 5) is 17.4. The van der Waals surface area contributed by atoms with Crippen LogP contribution in [0.3, 0.4) is 0 Å². The first-order valence-electron chi connectivity index (χ1n) is 8.94. The minimum atomic E-state index is -0.524. The fourth-order valence-electron chi connectivity index (χ4n) is 3.51. The molecular formula is C20H16FN5O3. The Morgan fingerprint density at radius 3 is 2.83 bits per heavy atom. The summed E-state index contributed by atoms with van der Waals surface area (Å²) >= 11 is 0. The molecule has 9 heteroatoms. The normalized spacial score (nSPS) is 17.0. The lowest BCUT2D eigenvalue weighted by atomic mass is 9.94. The number of fused-ring (bicyclic) bond motifs is 2. The van der Waals surface area contributed by atoms with E-state index < -0.39 is 6.04 Å². The van der Waals surface area contributed by atoms with Crippen molar-refractivity contribution in [2.75, 3.05) is 17.4 Å². The van der Waals surface area contributed by atoms with Gasteiger partial charge < -0.3 is 20.1 Å². The van der Waals surface area contributed by atoms with E-state index in [1.54, 1.807) is 17.7 Å². The van der Waals surface area contributed by atoms with Gasteiger partial charge in [-0.1, -0.05) is 6.07 Å². The van der Waals surface area contributed by atoms with Crippen molar-refractivity contribution < 1.29 is 18.7 Å². The summed E-state index contributed by atoms with van der Waals surface area (Å²) in [6, 6.07) is 10.6. The maximum absolute atomic E-state index is 13.2. The highest BCUT2D eigenvalue weighted by atomic mass is 19.1. The van der Waals surface area contributed by atoms with Crippen molar-refractivity contribution in [3.63, 3.8) is 0 Å². The number of carbonyl (C=O) groups is 1. The van der Waals surface area contributed by atoms with Crippen LogP contribution in [0.1, 0.15) is 18.5 Å². The predicted molar refractivity (Wildman–Crippen MR) is 102 cm³/mol. The number of nitrogens with one attached hydrogen (secondary N) is 2. The van der Waals surface area contributed by atoms with E-state index in [0.717, 1.165) is 5.56 Å². The number of halogens is 1. The Labute approximate surface area is 165 Å². The van der Waals surface area contributed by atoms with E-state index in [1.807, 2.05) is 12.1 Å². The summed E-state index contributed by atoms with van der Waals surface area (Å²) in [5.41, 5.74) is 2.40. The number of amides is 1. The molecule has 0 fully saturated rings. The van der Waals surface area contributed by atoms with Crippen LogP contribution in [0, 0.1) is 5.82 Å². The molecule has 1 amide bonds. The Hall–Kier alpha value is -3.88. The van der Waals surface area contributed by atoms with Gasteiger partial charge in [-0.3, -0.25) is 4.79 Å². The SMILES string of the molecule is CC1=C(C(=O)Nc2ccc(F)cc2)[C@@H](c2ccc3c(c2)OCO3)n2ncnc2N1. The first-order valence-corrected chi connectivity index (χ1v) is 8.94. The molecule has 3 aromatic rings. The lowest BCUT2D eigenvalue weighted by Gasteiger charge is -2.28. The van der Waals surface area contributed by atoms with Crippen LogP contribution >= 0.6 is 0 Å². The molecule has 2 aromatic carbocycles. The van der Waals surface area contributed by atoms with Crippen LogP contribution < -0.4 is 20.1 Å². The quantitative estimate of drug-likeness (QED) is 0.711. The Bertz CT molecular complexity index is 1140. The third-order valence-electron chi connectivity index (χ3n) is 4.85. The van der Waals surface area contributed by atoms with Crippen molar-refractivity contribution >= 4 is 17.5 Å². The maximum atomic E-state index is 13.2. The molecule has 2 N–H and O–H groups in total. The van der Waals surface area contributed by atoms with Crippen molar-refractivity contribution in [3.8, 4) is 11.5 Å². The molecule has 0 unspecified atom stereocenters. The third-order valence-corrected chi connectivity index (χ3v) is 4.85. The van der Waals surface area contributed by atoms with Crippen LogP contribution in [0.25, 0.3) is 0 Å². The Morgan fingerprint density at radius 2 is 2.00 bits per heavy atom. The van der Waals surface area contributed by atoms with Gasteiger partial charge >= 0.3 is 0 Å². The smallest absolute Gasteiger partial charge is 0.255 e. The monoisotopic (exact) mass is 393 g/mol. The summed E-state index contributed by atoms with van der Waals surface area (Å²) in [5, 5.41) is 10.2. The van der Waals surface area contributed by atoms with Gasteiger partial charge in [0.1, 0.15) is 18.2 Å². The number of rotatable bonds is 3. The molecule has 0 saturated carbocycles. The number of nitrogens with zero attached hydrogens (tertiary/aromatic N) is 3. The van der Waals surface area contributed by atoms with Gasteiger partial charge in [0.2, 0.25) is 12.7 Å². The molecule has 3 heterocycles. The lowest BCUT2D eigenvalue weighted by Crippen LogP contribution is -2.31. The van der Waals surface area contributed by atoms with Crippen molar-refractivity contribution in [1.82, 2.24) is 14.8 Å². The summed E-state index contributed by atoms with van der Waals surface area (Å²) in [6.45, 7) is 1.96. The number of carbonyl (C=O) groups excluding carboxylic acids is 1. The van der Waals surface area contributed by atoms with Crippen LogP contribution in [-0.2, 0) is 4.79 Å². The number of aromatic nitrogens is 3. The standard InChI is InChI=1S/C20H16FN5O3/c1-11-17(19(27)25-14-5-3-13(21)4-6-14)18(26-20(24-11)22-9-23-26)12-2-7-15-16(8-12)29-10-28-15/h2-9,18H,10H2,1H3,(H,25,27)(H,22,23,24)/t18-/m1/s1. The maximum Gasteiger partial charge on any atom is 0.255 e. The van der Waals surface area contributed by atoms with E-state index >= 15 is 0 Å². The number of anilines is 2. The number of benzene rings is 2. The molecule has 2 aliphatic rings. The van der Waals surface area contributed by atoms with Gasteiger partial charge in [-0.05, 0) is 48.9 Å². The molecule has 29 heavy (non-hydrogen) atoms. The minimum absolute atomic E-state index is 0.159. The number of ether oxygens (including phenoxy) is 2. The van der Waals surface area contributed by atoms with Crippen molar-refractivity contribution in [2.45, 2.75) is 13.0 Å². The summed E-state index contributed by atoms with van der Waals surface area (Å²) in [5.74, 6) is 1.09. The molecule has 2 aliphatic heterocycles. The van der Waals surface area contributed by atoms with Gasteiger partial charge in [-0.15, -0.1) is 0 Å². The fourth-order valence-corrected chi connectivity index (χ4v) is 3.51. The summed E-state index contributed by atoms with van der Waals surface area (Å²) < 4.78 is 25.7. The van der Waals surface area contributed by atoms with Crippen molar-refractivity contribution in [3.05, 3.63) is 71.4 Å². The average molecular weight is 393 g/mol. The van der Waals surface area contributed by atoms with E-state index in [0.29, 0.717) is 34.4 Å². The van der Waals surface area contributed by atoms with Gasteiger partial charge in [0, 0.05) is 11.4 Å². The van der Waals surface area contributed by atoms with Crippen molar-refractivity contribution in [1.29, 1.82) is 0 Å². The predicted octanol–water partition coefficient (Wildman–Crippen LogP) is 3.07. The summed E-state index contributed by atoms with van der Waals surface area (Å²) in [6.07, 6.45) is 1.43. The molecule has 1 atom stereocenters. The van der Waals surface area contributed by atoms with E-state index in [9.17, 15) is 9.18 Å². The summed E-state index contributed by atoms with van der Waals surface area (Å²) in [7, 11) is 0. The van der Waals surface area contributed by atoms with Crippen LogP contribution in [0.2, 0.25) is 0 Å². The molecular weight excluding hydrogens is 377 g/mol. The number of allylic oxidation sites excluding steroid dienone is 1. The molecule has 0 spiro atoms. The fraction of sp³-hybridized carbons (Fsp3) is 0.150. The van der Waals surface area contributed by atoms with E-state index in [4.69, 9.17) is 9.47 Å². The highest BCUT2D eigenvalue weighted by Crippen LogP contribution is 2.40. The van der Waals surface area contributed by atoms with Crippen LogP contribution in [0.4, 0.5) is 16.0 Å². The van der Waals surface area contributed by atoms with E-state index in [-0.39, 0.29) is 18.5 Å². The van der Waals surface area contributed by atoms with Gasteiger partial charge in [-0.2, -0.15) is 10.1 Å². The van der Waals surface area contributed by atoms with Gasteiger partial charge in [0.05, 0.1) is 5.57 Å². The average Bonchev–Trinajstić information content (AvgIpc) is 3.36. The molecule has 5 rings (SSSR count). The molecule has 1 aromatic heterocycles. The Morgan fingerprint density at radius 1 is 1.21 bits per heavy atom. The van der Waals surface area contributed by atoms with Crippen LogP contribution in [0.5, 0.6) is 11.5 Å². The van der Waals surface area contributed by atoms with Crippen molar-refractivity contribution in [2.24, 2.45) is 0 Å². The number of hydrogen-bond donors (Lipinski definition) is 2. The topological polar surface area (TPSA) is 90.3 Å². The zero-order valence-corrected chi connectivity index (χ0v) is 15.3. The molecule has 8 nitrogen and oxygen atoms in total. The zero-order chi connectivity index (χ0) is 20.0. The molecule has 0 bridgehead atoms. The zero-order valence-electron chi connectivity index (χ0n) is 15.3. The van der Waals surface area contributed by atoms with Crippen LogP contribution in [-0.4, -0.2) is 27.5 Å². The second-order valence-corrected chi connectivity index (χ2v) is 6.67. The second-order valence-electron chi connectivity index (χ2n) is 6.67. The molecule has 0 saturated heterocycles. The Kier molecular flexibility index (Phi) is 3.94. The van der Waals surface area contributed by atoms with Gasteiger partial charge in [0.15, 0.2) is 11.5 Å². The largest absolute Gasteiger partial charge is 0.454 e. The van der Waals surface area contributed by atoms with E-state index in [1.165, 1.54) is 30.6 Å². The minimum Gasteiger partial charge on any atom is -0.454 e. The van der Waals surface area contributed by atoms with Crippen LogP contribution in [0.15, 0.2) is 60.1 Å². The molecule has 146 valence electrons. The highest BCUT2D eigenvalue weighted by Gasteiger charge is 2.34. The second kappa shape index (κ2) is 6.62. The molecule has 0 radical (unpaired) electrons. The first kappa shape index (κ1) is 17.2. The highest BCUT2D eigenvalue weighted by molar-refractivity contribution is 6.06. The number of hydrogen-bond acceptors (Lipinski definition) is 6. The van der Waals surface area contributed by atoms with Gasteiger partial charge in [0.25, 0.3) is 5.91 Å². The van der Waals surface area contributed by atoms with E-state index in [2.05, 4.69) is 20.7 Å².